The predicted molar refractivity (Wildman–Crippen MR) is 470 cm³/mol. The Hall–Kier alpha value is -14.3. The van der Waals surface area contributed by atoms with Crippen LogP contribution in [0.5, 0.6) is 0 Å². The van der Waals surface area contributed by atoms with Crippen LogP contribution in [0.1, 0.15) is 25.0 Å². The highest BCUT2D eigenvalue weighted by Gasteiger charge is 2.36. The van der Waals surface area contributed by atoms with Crippen molar-refractivity contribution in [3.8, 4) is 89.5 Å². The van der Waals surface area contributed by atoms with Gasteiger partial charge in [0.2, 0.25) is 0 Å². The minimum atomic E-state index is -0.0541. The van der Waals surface area contributed by atoms with Crippen molar-refractivity contribution in [2.45, 2.75) is 19.3 Å². The van der Waals surface area contributed by atoms with Crippen molar-refractivity contribution in [3.63, 3.8) is 0 Å². The molecule has 4 heterocycles. The standard InChI is InChI=1S/C55H38N2.C52H34N2/c1-55(2)49-16-8-5-13-43(49)44-29-27-42(34-50(44)55)56-52-18-10-7-15-46(52)48-32-39(25-30-53(48)56)36-19-21-37(22-20-36)40-24-28-47-45-14-6-9-17-51(45)57(54(47)33-40)41-26-23-35-11-3-4-12-38(35)31-41;1-3-11-35(12-4-1)38-23-24-40-32-44(28-25-39(40)31-38)54-49-17-9-7-15-45(49)47-29-26-42(34-52(47)54)37-21-19-36(20-22-37)41-27-30-51-48(33-41)46-16-8-10-18-50(46)53(51)43-13-5-2-6-14-43/h3-34H,1-2H3;1-34H. The van der Waals surface area contributed by atoms with Gasteiger partial charge >= 0.3 is 0 Å². The second-order valence-electron chi connectivity index (χ2n) is 30.4. The molecule has 520 valence electrons. The highest BCUT2D eigenvalue weighted by Crippen LogP contribution is 2.50. The van der Waals surface area contributed by atoms with E-state index in [1.54, 1.807) is 0 Å². The summed E-state index contributed by atoms with van der Waals surface area (Å²) in [5.41, 5.74) is 32.0. The lowest BCUT2D eigenvalue weighted by Crippen LogP contribution is -2.15. The van der Waals surface area contributed by atoms with Gasteiger partial charge in [0.25, 0.3) is 0 Å². The average Bonchev–Trinajstić information content (AvgIpc) is 1.56. The van der Waals surface area contributed by atoms with Gasteiger partial charge in [0.05, 0.1) is 44.1 Å². The van der Waals surface area contributed by atoms with Gasteiger partial charge in [0, 0.05) is 71.3 Å². The van der Waals surface area contributed by atoms with E-state index in [0.717, 1.165) is 5.69 Å². The van der Waals surface area contributed by atoms with Crippen LogP contribution in [-0.4, -0.2) is 18.3 Å². The summed E-state index contributed by atoms with van der Waals surface area (Å²) in [5, 5.41) is 15.1. The number of benzene rings is 18. The Kier molecular flexibility index (Phi) is 14.6. The number of nitrogens with zero attached hydrogens (tertiary/aromatic N) is 4. The molecule has 0 saturated heterocycles. The SMILES string of the molecule is CC1(C)c2ccccc2-c2ccc(-n3c4ccccc4c4cc(-c5ccc(-c6ccc7c8ccccc8n(-c8ccc9ccccc9c8)c7c6)cc5)ccc43)cc21.c1ccc(-c2ccc3cc(-n4c5ccccc5c5ccc(-c6ccc(-c7ccc8c(c7)c7ccccc7n8-c7ccccc7)cc6)cc54)ccc3c2)cc1. The molecule has 0 aliphatic heterocycles. The number of fused-ring (bicyclic) bond motifs is 17. The summed E-state index contributed by atoms with van der Waals surface area (Å²) >= 11 is 0. The van der Waals surface area contributed by atoms with Crippen LogP contribution < -0.4 is 0 Å². The minimum Gasteiger partial charge on any atom is -0.309 e. The molecule has 18 aromatic carbocycles. The van der Waals surface area contributed by atoms with E-state index in [0.29, 0.717) is 0 Å². The van der Waals surface area contributed by atoms with Crippen LogP contribution in [0.4, 0.5) is 0 Å². The number of hydrogen-bond donors (Lipinski definition) is 0. The maximum atomic E-state index is 2.45. The fraction of sp³-hybridized carbons (Fsp3) is 0.0280. The molecular weight excluding hydrogens is 1340 g/mol. The van der Waals surface area contributed by atoms with Crippen LogP contribution in [0.25, 0.3) is 198 Å². The molecule has 0 radical (unpaired) electrons. The van der Waals surface area contributed by atoms with Crippen LogP contribution in [0, 0.1) is 0 Å². The van der Waals surface area contributed by atoms with E-state index >= 15 is 0 Å². The van der Waals surface area contributed by atoms with Crippen molar-refractivity contribution >= 4 is 109 Å². The molecular formula is C107H72N4. The van der Waals surface area contributed by atoms with Gasteiger partial charge in [0.1, 0.15) is 0 Å². The lowest BCUT2D eigenvalue weighted by molar-refractivity contribution is 0.660. The lowest BCUT2D eigenvalue weighted by Gasteiger charge is -2.22. The molecule has 1 aliphatic carbocycles. The monoisotopic (exact) mass is 1410 g/mol. The summed E-state index contributed by atoms with van der Waals surface area (Å²) < 4.78 is 9.66. The quantitative estimate of drug-likeness (QED) is 0.137. The number of rotatable bonds is 9. The number of para-hydroxylation sites is 5. The fourth-order valence-electron chi connectivity index (χ4n) is 18.3. The zero-order valence-corrected chi connectivity index (χ0v) is 61.4. The molecule has 0 bridgehead atoms. The molecule has 4 aromatic heterocycles. The van der Waals surface area contributed by atoms with Crippen molar-refractivity contribution in [2.24, 2.45) is 0 Å². The largest absolute Gasteiger partial charge is 0.309 e. The molecule has 0 fully saturated rings. The van der Waals surface area contributed by atoms with E-state index in [2.05, 4.69) is 432 Å². The van der Waals surface area contributed by atoms with Crippen molar-refractivity contribution < 1.29 is 0 Å². The van der Waals surface area contributed by atoms with Crippen molar-refractivity contribution in [2.75, 3.05) is 0 Å². The molecule has 0 saturated carbocycles. The second-order valence-corrected chi connectivity index (χ2v) is 30.4. The Labute approximate surface area is 643 Å². The molecule has 0 atom stereocenters. The molecule has 22 aromatic rings. The number of hydrogen-bond acceptors (Lipinski definition) is 0. The highest BCUT2D eigenvalue weighted by molar-refractivity contribution is 6.14. The third kappa shape index (κ3) is 10.4. The van der Waals surface area contributed by atoms with Gasteiger partial charge < -0.3 is 18.3 Å². The first-order valence-corrected chi connectivity index (χ1v) is 38.5. The smallest absolute Gasteiger partial charge is 0.0547 e. The highest BCUT2D eigenvalue weighted by atomic mass is 15.0. The predicted octanol–water partition coefficient (Wildman–Crippen LogP) is 28.7. The van der Waals surface area contributed by atoms with Gasteiger partial charge in [-0.3, -0.25) is 0 Å². The third-order valence-corrected chi connectivity index (χ3v) is 23.8. The Bertz CT molecular complexity index is 7510. The minimum absolute atomic E-state index is 0.0541. The molecule has 1 aliphatic rings. The van der Waals surface area contributed by atoms with E-state index in [4.69, 9.17) is 0 Å². The van der Waals surface area contributed by atoms with Crippen LogP contribution >= 0.6 is 0 Å². The Morgan fingerprint density at radius 3 is 1.02 bits per heavy atom. The van der Waals surface area contributed by atoms with Crippen molar-refractivity contribution in [1.29, 1.82) is 0 Å². The Balaban J connectivity index is 0.000000137. The molecule has 111 heavy (non-hydrogen) atoms. The van der Waals surface area contributed by atoms with E-state index in [1.807, 2.05) is 0 Å². The first kappa shape index (κ1) is 63.9. The van der Waals surface area contributed by atoms with E-state index < -0.39 is 0 Å². The molecule has 4 nitrogen and oxygen atoms in total. The van der Waals surface area contributed by atoms with E-state index in [9.17, 15) is 0 Å². The van der Waals surface area contributed by atoms with Gasteiger partial charge in [-0.15, -0.1) is 0 Å². The molecule has 4 heteroatoms. The summed E-state index contributed by atoms with van der Waals surface area (Å²) in [6.07, 6.45) is 0. The molecule has 0 unspecified atom stereocenters. The zero-order chi connectivity index (χ0) is 73.4. The van der Waals surface area contributed by atoms with Crippen LogP contribution in [0.15, 0.2) is 400 Å². The Morgan fingerprint density at radius 2 is 0.477 bits per heavy atom. The van der Waals surface area contributed by atoms with Crippen LogP contribution in [-0.2, 0) is 5.41 Å². The molecule has 0 N–H and O–H groups in total. The number of aromatic nitrogens is 4. The molecule has 0 amide bonds. The first-order chi connectivity index (χ1) is 54.8. The van der Waals surface area contributed by atoms with Crippen LogP contribution in [0.3, 0.4) is 0 Å². The van der Waals surface area contributed by atoms with Crippen molar-refractivity contribution in [3.05, 3.63) is 412 Å². The summed E-state index contributed by atoms with van der Waals surface area (Å²) in [7, 11) is 0. The molecule has 0 spiro atoms. The fourth-order valence-corrected chi connectivity index (χ4v) is 18.3. The third-order valence-electron chi connectivity index (χ3n) is 23.8. The maximum absolute atomic E-state index is 2.45. The normalized spacial score (nSPS) is 12.5. The summed E-state index contributed by atoms with van der Waals surface area (Å²) in [6, 6.07) is 147. The molecule has 23 rings (SSSR count). The van der Waals surface area contributed by atoms with E-state index in [-0.39, 0.29) is 5.41 Å². The summed E-state index contributed by atoms with van der Waals surface area (Å²) in [5.74, 6) is 0. The van der Waals surface area contributed by atoms with Gasteiger partial charge in [-0.25, -0.2) is 0 Å². The van der Waals surface area contributed by atoms with Gasteiger partial charge in [-0.1, -0.05) is 299 Å². The van der Waals surface area contributed by atoms with Gasteiger partial charge in [0.15, 0.2) is 0 Å². The summed E-state index contributed by atoms with van der Waals surface area (Å²) in [6.45, 7) is 4.71. The second kappa shape index (κ2) is 25.4. The van der Waals surface area contributed by atoms with E-state index in [1.165, 1.54) is 204 Å². The zero-order valence-electron chi connectivity index (χ0n) is 61.4. The van der Waals surface area contributed by atoms with Crippen molar-refractivity contribution in [1.82, 2.24) is 18.3 Å². The lowest BCUT2D eigenvalue weighted by atomic mass is 9.82. The average molecular weight is 1410 g/mol. The summed E-state index contributed by atoms with van der Waals surface area (Å²) in [4.78, 5) is 0. The topological polar surface area (TPSA) is 19.7 Å². The Morgan fingerprint density at radius 1 is 0.162 bits per heavy atom. The maximum Gasteiger partial charge on any atom is 0.0547 e. The van der Waals surface area contributed by atoms with Gasteiger partial charge in [-0.05, 0) is 215 Å². The van der Waals surface area contributed by atoms with Gasteiger partial charge in [-0.2, -0.15) is 0 Å². The first-order valence-electron chi connectivity index (χ1n) is 38.5. The van der Waals surface area contributed by atoms with Crippen LogP contribution in [0.2, 0.25) is 0 Å².